The average Bonchev–Trinajstić information content (AvgIpc) is 2.58. The molecule has 3 rings (SSSR count). The van der Waals surface area contributed by atoms with E-state index in [1.54, 1.807) is 0 Å². The van der Waals surface area contributed by atoms with Crippen LogP contribution in [0.1, 0.15) is 70.3 Å². The van der Waals surface area contributed by atoms with E-state index in [0.717, 1.165) is 36.3 Å². The summed E-state index contributed by atoms with van der Waals surface area (Å²) in [6, 6.07) is 2.31. The highest BCUT2D eigenvalue weighted by molar-refractivity contribution is 5.19. The van der Waals surface area contributed by atoms with E-state index >= 15 is 0 Å². The van der Waals surface area contributed by atoms with Crippen molar-refractivity contribution in [1.82, 2.24) is 0 Å². The van der Waals surface area contributed by atoms with Gasteiger partial charge in [0.2, 0.25) is 0 Å². The molecule has 3 heteroatoms. The van der Waals surface area contributed by atoms with Gasteiger partial charge in [-0.3, -0.25) is 0 Å². The lowest BCUT2D eigenvalue weighted by Crippen LogP contribution is -2.31. The van der Waals surface area contributed by atoms with Crippen LogP contribution in [0.3, 0.4) is 0 Å². The Morgan fingerprint density at radius 1 is 0.833 bits per heavy atom. The molecule has 0 bridgehead atoms. The Balaban J connectivity index is 1.50. The van der Waals surface area contributed by atoms with Crippen LogP contribution in [0, 0.1) is 41.1 Å². The largest absolute Gasteiger partial charge is 0.204 e. The van der Waals surface area contributed by atoms with Crippen molar-refractivity contribution in [2.24, 2.45) is 23.7 Å². The molecule has 134 valence electrons. The lowest BCUT2D eigenvalue weighted by molar-refractivity contribution is 0.0921. The van der Waals surface area contributed by atoms with Crippen molar-refractivity contribution in [1.29, 1.82) is 0 Å². The molecule has 2 saturated carbocycles. The Hall–Kier alpha value is -0.990. The molecule has 0 radical (unpaired) electrons. The second-order valence-corrected chi connectivity index (χ2v) is 8.08. The van der Waals surface area contributed by atoms with Crippen molar-refractivity contribution < 1.29 is 13.2 Å². The summed E-state index contributed by atoms with van der Waals surface area (Å²) in [6.45, 7) is 2.28. The Bertz CT molecular complexity index is 531. The number of benzene rings is 1. The molecule has 2 fully saturated rings. The van der Waals surface area contributed by atoms with Crippen LogP contribution in [0.4, 0.5) is 13.2 Å². The molecule has 0 N–H and O–H groups in total. The maximum atomic E-state index is 13.3. The molecule has 4 atom stereocenters. The van der Waals surface area contributed by atoms with Gasteiger partial charge >= 0.3 is 0 Å². The van der Waals surface area contributed by atoms with Gasteiger partial charge < -0.3 is 0 Å². The molecule has 0 aliphatic heterocycles. The first kappa shape index (κ1) is 17.8. The lowest BCUT2D eigenvalue weighted by Gasteiger charge is -2.42. The van der Waals surface area contributed by atoms with E-state index in [4.69, 9.17) is 0 Å². The SMILES string of the molecule is CCCC1CC[C@@H]2C[C@H](CCc3cc(F)c(F)c(F)c3)CC[C@@H]2C1. The van der Waals surface area contributed by atoms with Gasteiger partial charge in [-0.15, -0.1) is 0 Å². The fraction of sp³-hybridized carbons (Fsp3) is 0.714. The highest BCUT2D eigenvalue weighted by Crippen LogP contribution is 2.46. The third-order valence-electron chi connectivity index (χ3n) is 6.41. The molecule has 2 aliphatic carbocycles. The molecule has 0 amide bonds. The number of fused-ring (bicyclic) bond motifs is 1. The van der Waals surface area contributed by atoms with E-state index in [1.165, 1.54) is 51.4 Å². The van der Waals surface area contributed by atoms with Gasteiger partial charge in [0.1, 0.15) is 0 Å². The van der Waals surface area contributed by atoms with Crippen molar-refractivity contribution in [2.75, 3.05) is 0 Å². The highest BCUT2D eigenvalue weighted by Gasteiger charge is 2.35. The minimum atomic E-state index is -1.36. The molecule has 2 aliphatic rings. The Labute approximate surface area is 143 Å². The number of halogens is 3. The molecule has 1 aromatic carbocycles. The molecule has 1 unspecified atom stereocenters. The van der Waals surface area contributed by atoms with Crippen molar-refractivity contribution in [3.63, 3.8) is 0 Å². The van der Waals surface area contributed by atoms with E-state index in [-0.39, 0.29) is 0 Å². The normalized spacial score (nSPS) is 30.2. The van der Waals surface area contributed by atoms with Crippen molar-refractivity contribution >= 4 is 0 Å². The summed E-state index contributed by atoms with van der Waals surface area (Å²) < 4.78 is 39.7. The number of hydrogen-bond donors (Lipinski definition) is 0. The van der Waals surface area contributed by atoms with Gasteiger partial charge in [-0.1, -0.05) is 32.6 Å². The standard InChI is InChI=1S/C21H29F3/c1-2-3-14-6-8-18-11-15(7-9-17(18)10-14)4-5-16-12-19(22)21(24)20(23)13-16/h12-15,17-18H,2-11H2,1H3/t14?,15-,17-,18-/m1/s1. The van der Waals surface area contributed by atoms with E-state index in [2.05, 4.69) is 6.92 Å². The lowest BCUT2D eigenvalue weighted by atomic mass is 9.63. The third kappa shape index (κ3) is 4.15. The summed E-state index contributed by atoms with van der Waals surface area (Å²) in [5.41, 5.74) is 0.583. The summed E-state index contributed by atoms with van der Waals surface area (Å²) in [6.07, 6.45) is 12.3. The molecular formula is C21H29F3. The smallest absolute Gasteiger partial charge is 0.194 e. The Morgan fingerprint density at radius 2 is 1.38 bits per heavy atom. The molecular weight excluding hydrogens is 309 g/mol. The van der Waals surface area contributed by atoms with Gasteiger partial charge in [0.15, 0.2) is 17.5 Å². The maximum Gasteiger partial charge on any atom is 0.194 e. The first-order chi connectivity index (χ1) is 11.6. The minimum Gasteiger partial charge on any atom is -0.204 e. The second kappa shape index (κ2) is 7.93. The summed E-state index contributed by atoms with van der Waals surface area (Å²) >= 11 is 0. The maximum absolute atomic E-state index is 13.3. The van der Waals surface area contributed by atoms with E-state index in [9.17, 15) is 13.2 Å². The van der Waals surface area contributed by atoms with E-state index in [0.29, 0.717) is 17.9 Å². The van der Waals surface area contributed by atoms with Crippen LogP contribution in [-0.4, -0.2) is 0 Å². The minimum absolute atomic E-state index is 0.583. The predicted molar refractivity (Wildman–Crippen MR) is 91.2 cm³/mol. The monoisotopic (exact) mass is 338 g/mol. The summed E-state index contributed by atoms with van der Waals surface area (Å²) in [5, 5.41) is 0. The molecule has 0 heterocycles. The van der Waals surface area contributed by atoms with Crippen LogP contribution in [0.5, 0.6) is 0 Å². The molecule has 0 saturated heterocycles. The second-order valence-electron chi connectivity index (χ2n) is 8.08. The van der Waals surface area contributed by atoms with E-state index in [1.807, 2.05) is 0 Å². The number of aryl methyl sites for hydroxylation is 1. The zero-order valence-electron chi connectivity index (χ0n) is 14.7. The topological polar surface area (TPSA) is 0 Å². The fourth-order valence-corrected chi connectivity index (χ4v) is 5.14. The molecule has 24 heavy (non-hydrogen) atoms. The first-order valence-corrected chi connectivity index (χ1v) is 9.70. The highest BCUT2D eigenvalue weighted by atomic mass is 19.2. The number of rotatable bonds is 5. The molecule has 0 nitrogen and oxygen atoms in total. The zero-order chi connectivity index (χ0) is 17.1. The molecule has 1 aromatic rings. The van der Waals surface area contributed by atoms with Gasteiger partial charge in [0, 0.05) is 0 Å². The third-order valence-corrected chi connectivity index (χ3v) is 6.41. The summed E-state index contributed by atoms with van der Waals surface area (Å²) in [7, 11) is 0. The first-order valence-electron chi connectivity index (χ1n) is 9.70. The fourth-order valence-electron chi connectivity index (χ4n) is 5.14. The van der Waals surface area contributed by atoms with Crippen LogP contribution in [-0.2, 0) is 6.42 Å². The van der Waals surface area contributed by atoms with Gasteiger partial charge in [-0.05, 0) is 79.9 Å². The average molecular weight is 338 g/mol. The Kier molecular flexibility index (Phi) is 5.89. The van der Waals surface area contributed by atoms with Crippen LogP contribution in [0.2, 0.25) is 0 Å². The van der Waals surface area contributed by atoms with Gasteiger partial charge in [0.25, 0.3) is 0 Å². The Morgan fingerprint density at radius 3 is 1.92 bits per heavy atom. The van der Waals surface area contributed by atoms with Crippen LogP contribution >= 0.6 is 0 Å². The summed E-state index contributed by atoms with van der Waals surface area (Å²) in [4.78, 5) is 0. The van der Waals surface area contributed by atoms with Crippen molar-refractivity contribution in [3.05, 3.63) is 35.1 Å². The van der Waals surface area contributed by atoms with Crippen LogP contribution in [0.15, 0.2) is 12.1 Å². The van der Waals surface area contributed by atoms with Crippen LogP contribution in [0.25, 0.3) is 0 Å². The number of hydrogen-bond acceptors (Lipinski definition) is 0. The van der Waals surface area contributed by atoms with Crippen LogP contribution < -0.4 is 0 Å². The van der Waals surface area contributed by atoms with E-state index < -0.39 is 17.5 Å². The quantitative estimate of drug-likeness (QED) is 0.526. The van der Waals surface area contributed by atoms with Gasteiger partial charge in [-0.25, -0.2) is 13.2 Å². The molecule has 0 spiro atoms. The predicted octanol–water partition coefficient (Wildman–Crippen LogP) is 6.67. The van der Waals surface area contributed by atoms with Crippen molar-refractivity contribution in [2.45, 2.75) is 71.1 Å². The van der Waals surface area contributed by atoms with Gasteiger partial charge in [-0.2, -0.15) is 0 Å². The van der Waals surface area contributed by atoms with Crippen molar-refractivity contribution in [3.8, 4) is 0 Å². The zero-order valence-corrected chi connectivity index (χ0v) is 14.7. The van der Waals surface area contributed by atoms with Gasteiger partial charge in [0.05, 0.1) is 0 Å². The molecule has 0 aromatic heterocycles. The summed E-state index contributed by atoms with van der Waals surface area (Å²) in [5.74, 6) is -0.122.